The van der Waals surface area contributed by atoms with Gasteiger partial charge in [0.05, 0.1) is 11.0 Å². The molecule has 4 heteroatoms. The normalized spacial score (nSPS) is 10.5. The lowest BCUT2D eigenvalue weighted by molar-refractivity contribution is 0.101. The van der Waals surface area contributed by atoms with E-state index < -0.39 is 0 Å². The minimum atomic E-state index is 0.00468. The highest BCUT2D eigenvalue weighted by molar-refractivity contribution is 5.99. The van der Waals surface area contributed by atoms with E-state index in [9.17, 15) is 9.59 Å². The zero-order chi connectivity index (χ0) is 11.0. The number of carbonyl (C=O) groups is 2. The van der Waals surface area contributed by atoms with E-state index in [1.165, 1.54) is 6.92 Å². The highest BCUT2D eigenvalue weighted by Crippen LogP contribution is 2.17. The Kier molecular flexibility index (Phi) is 2.11. The van der Waals surface area contributed by atoms with Gasteiger partial charge in [-0.3, -0.25) is 9.59 Å². The van der Waals surface area contributed by atoms with Crippen LogP contribution in [0, 0.1) is 6.92 Å². The van der Waals surface area contributed by atoms with Crippen LogP contribution in [0.1, 0.15) is 33.5 Å². The summed E-state index contributed by atoms with van der Waals surface area (Å²) in [6, 6.07) is 3.53. The van der Waals surface area contributed by atoms with E-state index >= 15 is 0 Å². The van der Waals surface area contributed by atoms with Gasteiger partial charge >= 0.3 is 0 Å². The van der Waals surface area contributed by atoms with Crippen LogP contribution in [-0.4, -0.2) is 22.0 Å². The number of aldehydes is 1. The summed E-state index contributed by atoms with van der Waals surface area (Å²) in [4.78, 5) is 28.7. The number of carbonyl (C=O) groups excluding carboxylic acids is 2. The van der Waals surface area contributed by atoms with Crippen molar-refractivity contribution in [3.8, 4) is 0 Å². The minimum Gasteiger partial charge on any atom is -0.336 e. The fourth-order valence-corrected chi connectivity index (χ4v) is 1.62. The summed E-state index contributed by atoms with van der Waals surface area (Å²) in [7, 11) is 0. The molecular formula is C11H10N2O2. The monoisotopic (exact) mass is 202 g/mol. The largest absolute Gasteiger partial charge is 0.336 e. The number of ketones is 1. The molecule has 76 valence electrons. The number of benzene rings is 1. The number of nitrogens with one attached hydrogen (secondary N) is 1. The van der Waals surface area contributed by atoms with Gasteiger partial charge in [-0.25, -0.2) is 4.98 Å². The lowest BCUT2D eigenvalue weighted by atomic mass is 10.0. The molecule has 1 N–H and O–H groups in total. The number of aromatic nitrogens is 2. The van der Waals surface area contributed by atoms with Crippen LogP contribution >= 0.6 is 0 Å². The maximum atomic E-state index is 11.3. The molecule has 0 amide bonds. The van der Waals surface area contributed by atoms with Crippen molar-refractivity contribution in [3.05, 3.63) is 29.1 Å². The van der Waals surface area contributed by atoms with Crippen molar-refractivity contribution in [2.75, 3.05) is 0 Å². The summed E-state index contributed by atoms with van der Waals surface area (Å²) >= 11 is 0. The summed E-state index contributed by atoms with van der Waals surface area (Å²) < 4.78 is 0. The molecule has 0 aliphatic carbocycles. The van der Waals surface area contributed by atoms with Gasteiger partial charge < -0.3 is 4.98 Å². The number of aromatic amines is 1. The van der Waals surface area contributed by atoms with Gasteiger partial charge in [0.2, 0.25) is 0 Å². The number of imidazole rings is 1. The fraction of sp³-hybridized carbons (Fsp3) is 0.182. The first-order valence-electron chi connectivity index (χ1n) is 4.58. The molecular weight excluding hydrogens is 192 g/mol. The summed E-state index contributed by atoms with van der Waals surface area (Å²) in [5.41, 5.74) is 2.95. The van der Waals surface area contributed by atoms with E-state index in [0.29, 0.717) is 17.4 Å². The Hall–Kier alpha value is -1.97. The third-order valence-electron chi connectivity index (χ3n) is 2.34. The second-order valence-electron chi connectivity index (χ2n) is 3.48. The molecule has 0 aliphatic heterocycles. The van der Waals surface area contributed by atoms with Crippen LogP contribution in [0.2, 0.25) is 0 Å². The van der Waals surface area contributed by atoms with Crippen molar-refractivity contribution in [1.82, 2.24) is 9.97 Å². The van der Waals surface area contributed by atoms with Crippen molar-refractivity contribution >= 4 is 23.1 Å². The SMILES string of the molecule is CC(=O)c1cc2nc(C=O)[nH]c2cc1C. The van der Waals surface area contributed by atoms with Gasteiger partial charge in [0, 0.05) is 5.56 Å². The quantitative estimate of drug-likeness (QED) is 0.597. The summed E-state index contributed by atoms with van der Waals surface area (Å²) in [6.45, 7) is 3.37. The molecule has 0 bridgehead atoms. The minimum absolute atomic E-state index is 0.00468. The first kappa shape index (κ1) is 9.58. The third-order valence-corrected chi connectivity index (χ3v) is 2.34. The van der Waals surface area contributed by atoms with E-state index in [-0.39, 0.29) is 11.6 Å². The van der Waals surface area contributed by atoms with Crippen molar-refractivity contribution in [2.24, 2.45) is 0 Å². The molecule has 0 saturated carbocycles. The van der Waals surface area contributed by atoms with Crippen LogP contribution in [0.15, 0.2) is 12.1 Å². The number of aryl methyl sites for hydroxylation is 1. The van der Waals surface area contributed by atoms with Gasteiger partial charge in [0.15, 0.2) is 17.9 Å². The lowest BCUT2D eigenvalue weighted by Crippen LogP contribution is -1.95. The Bertz CT molecular complexity index is 555. The highest BCUT2D eigenvalue weighted by Gasteiger charge is 2.08. The number of H-pyrrole nitrogens is 1. The van der Waals surface area contributed by atoms with Gasteiger partial charge in [-0.05, 0) is 31.5 Å². The number of hydrogen-bond donors (Lipinski definition) is 1. The first-order chi connectivity index (χ1) is 7.11. The third kappa shape index (κ3) is 1.54. The van der Waals surface area contributed by atoms with Gasteiger partial charge in [0.1, 0.15) is 0 Å². The van der Waals surface area contributed by atoms with Crippen molar-refractivity contribution in [1.29, 1.82) is 0 Å². The van der Waals surface area contributed by atoms with E-state index in [1.54, 1.807) is 6.07 Å². The molecule has 0 atom stereocenters. The molecule has 15 heavy (non-hydrogen) atoms. The number of fused-ring (bicyclic) bond motifs is 1. The molecule has 0 aliphatic rings. The average molecular weight is 202 g/mol. The summed E-state index contributed by atoms with van der Waals surface area (Å²) in [5.74, 6) is 0.287. The van der Waals surface area contributed by atoms with Crippen molar-refractivity contribution in [3.63, 3.8) is 0 Å². The maximum absolute atomic E-state index is 11.3. The molecule has 2 rings (SSSR count). The highest BCUT2D eigenvalue weighted by atomic mass is 16.1. The van der Waals surface area contributed by atoms with Crippen LogP contribution in [0.3, 0.4) is 0 Å². The van der Waals surface area contributed by atoms with Crippen LogP contribution in [0.25, 0.3) is 11.0 Å². The molecule has 2 aromatic rings. The maximum Gasteiger partial charge on any atom is 0.185 e. The Labute approximate surface area is 86.3 Å². The summed E-state index contributed by atoms with van der Waals surface area (Å²) in [5, 5.41) is 0. The smallest absolute Gasteiger partial charge is 0.185 e. The Morgan fingerprint density at radius 2 is 2.20 bits per heavy atom. The number of Topliss-reactive ketones (excluding diaryl/α,β-unsaturated/α-hetero) is 1. The van der Waals surface area contributed by atoms with E-state index in [0.717, 1.165) is 11.1 Å². The summed E-state index contributed by atoms with van der Waals surface area (Å²) in [6.07, 6.45) is 0.656. The van der Waals surface area contributed by atoms with Crippen LogP contribution in [0.4, 0.5) is 0 Å². The predicted octanol–water partition coefficient (Wildman–Crippen LogP) is 1.89. The molecule has 0 fully saturated rings. The van der Waals surface area contributed by atoms with Gasteiger partial charge in [-0.1, -0.05) is 0 Å². The van der Waals surface area contributed by atoms with Crippen LogP contribution in [0.5, 0.6) is 0 Å². The first-order valence-corrected chi connectivity index (χ1v) is 4.58. The fourth-order valence-electron chi connectivity index (χ4n) is 1.62. The second kappa shape index (κ2) is 3.31. The molecule has 4 nitrogen and oxygen atoms in total. The molecule has 1 aromatic heterocycles. The predicted molar refractivity (Wildman–Crippen MR) is 56.2 cm³/mol. The Morgan fingerprint density at radius 1 is 1.47 bits per heavy atom. The molecule has 0 saturated heterocycles. The number of hydrogen-bond acceptors (Lipinski definition) is 3. The van der Waals surface area contributed by atoms with Gasteiger partial charge in [-0.2, -0.15) is 0 Å². The molecule has 1 heterocycles. The van der Waals surface area contributed by atoms with Crippen LogP contribution in [-0.2, 0) is 0 Å². The van der Waals surface area contributed by atoms with E-state index in [2.05, 4.69) is 9.97 Å². The van der Waals surface area contributed by atoms with E-state index in [4.69, 9.17) is 0 Å². The molecule has 0 unspecified atom stereocenters. The topological polar surface area (TPSA) is 62.8 Å². The van der Waals surface area contributed by atoms with Crippen molar-refractivity contribution < 1.29 is 9.59 Å². The second-order valence-corrected chi connectivity index (χ2v) is 3.48. The molecule has 0 radical (unpaired) electrons. The lowest BCUT2D eigenvalue weighted by Gasteiger charge is -2.00. The number of nitrogens with zero attached hydrogens (tertiary/aromatic N) is 1. The zero-order valence-electron chi connectivity index (χ0n) is 8.50. The van der Waals surface area contributed by atoms with E-state index in [1.807, 2.05) is 13.0 Å². The number of rotatable bonds is 2. The van der Waals surface area contributed by atoms with Crippen molar-refractivity contribution in [2.45, 2.75) is 13.8 Å². The standard InChI is InChI=1S/C11H10N2O2/c1-6-3-9-10(4-8(6)7(2)15)13-11(5-14)12-9/h3-5H,1-2H3,(H,12,13). The van der Waals surface area contributed by atoms with Gasteiger partial charge in [-0.15, -0.1) is 0 Å². The van der Waals surface area contributed by atoms with Crippen LogP contribution < -0.4 is 0 Å². The zero-order valence-corrected chi connectivity index (χ0v) is 8.50. The molecule has 0 spiro atoms. The Morgan fingerprint density at radius 3 is 2.80 bits per heavy atom. The van der Waals surface area contributed by atoms with Gasteiger partial charge in [0.25, 0.3) is 0 Å². The molecule has 1 aromatic carbocycles. The average Bonchev–Trinajstić information content (AvgIpc) is 2.58. The Balaban J connectivity index is 2.73.